The lowest BCUT2D eigenvalue weighted by Gasteiger charge is -2.04. The van der Waals surface area contributed by atoms with Gasteiger partial charge in [-0.25, -0.2) is 4.79 Å². The monoisotopic (exact) mass is 240 g/mol. The van der Waals surface area contributed by atoms with Gasteiger partial charge in [-0.05, 0) is 35.4 Å². The third-order valence-corrected chi connectivity index (χ3v) is 2.91. The van der Waals surface area contributed by atoms with Crippen LogP contribution in [0.15, 0.2) is 51.7 Å². The molecule has 0 unspecified atom stereocenters. The largest absolute Gasteiger partial charge is 0.417 e. The number of oxazole rings is 1. The lowest BCUT2D eigenvalue weighted by atomic mass is 10.0. The Bertz CT molecular complexity index is 756. The predicted molar refractivity (Wildman–Crippen MR) is 71.8 cm³/mol. The van der Waals surface area contributed by atoms with Crippen molar-refractivity contribution in [3.05, 3.63) is 53.0 Å². The molecule has 1 heterocycles. The van der Waals surface area contributed by atoms with Crippen LogP contribution in [0, 0.1) is 0 Å². The first-order valence-corrected chi connectivity index (χ1v) is 5.67. The van der Waals surface area contributed by atoms with Gasteiger partial charge in [0.2, 0.25) is 0 Å². The molecule has 90 valence electrons. The van der Waals surface area contributed by atoms with Crippen molar-refractivity contribution in [1.82, 2.24) is 4.98 Å². The Balaban J connectivity index is 2.15. The van der Waals surface area contributed by atoms with E-state index in [0.29, 0.717) is 11.1 Å². The minimum atomic E-state index is -0.425. The van der Waals surface area contributed by atoms with Gasteiger partial charge in [0.25, 0.3) is 0 Å². The van der Waals surface area contributed by atoms with Crippen molar-refractivity contribution in [2.45, 2.75) is 0 Å². The number of anilines is 1. The van der Waals surface area contributed by atoms with E-state index in [4.69, 9.17) is 4.42 Å². The molecule has 0 fully saturated rings. The first kappa shape index (κ1) is 10.7. The lowest BCUT2D eigenvalue weighted by Crippen LogP contribution is -1.92. The molecule has 0 atom stereocenters. The number of hydrogen-bond donors (Lipinski definition) is 2. The molecule has 2 aromatic carbocycles. The van der Waals surface area contributed by atoms with E-state index >= 15 is 0 Å². The molecular weight excluding hydrogens is 228 g/mol. The number of aromatic nitrogens is 1. The fourth-order valence-electron chi connectivity index (χ4n) is 1.98. The van der Waals surface area contributed by atoms with E-state index in [-0.39, 0.29) is 0 Å². The number of rotatable bonds is 2. The maximum Gasteiger partial charge on any atom is 0.417 e. The highest BCUT2D eigenvalue weighted by molar-refractivity contribution is 5.80. The highest BCUT2D eigenvalue weighted by atomic mass is 16.4. The summed E-state index contributed by atoms with van der Waals surface area (Å²) < 4.78 is 5.06. The summed E-state index contributed by atoms with van der Waals surface area (Å²) in [6.07, 6.45) is 0. The average Bonchev–Trinajstić information content (AvgIpc) is 2.77. The highest BCUT2D eigenvalue weighted by Crippen LogP contribution is 2.25. The van der Waals surface area contributed by atoms with Crippen LogP contribution >= 0.6 is 0 Å². The normalized spacial score (nSPS) is 10.7. The second-order valence-corrected chi connectivity index (χ2v) is 4.06. The van der Waals surface area contributed by atoms with Crippen LogP contribution in [-0.4, -0.2) is 12.0 Å². The van der Waals surface area contributed by atoms with Crippen molar-refractivity contribution in [2.75, 3.05) is 12.4 Å². The van der Waals surface area contributed by atoms with E-state index in [2.05, 4.69) is 10.3 Å². The minimum Gasteiger partial charge on any atom is -0.408 e. The fourth-order valence-corrected chi connectivity index (χ4v) is 1.98. The third-order valence-electron chi connectivity index (χ3n) is 2.91. The van der Waals surface area contributed by atoms with Gasteiger partial charge in [0.1, 0.15) is 0 Å². The number of hydrogen-bond acceptors (Lipinski definition) is 3. The van der Waals surface area contributed by atoms with Crippen molar-refractivity contribution in [1.29, 1.82) is 0 Å². The molecule has 1 aromatic heterocycles. The third kappa shape index (κ3) is 1.78. The van der Waals surface area contributed by atoms with Gasteiger partial charge in [0.15, 0.2) is 5.58 Å². The quantitative estimate of drug-likeness (QED) is 0.724. The Hall–Kier alpha value is -2.49. The maximum atomic E-state index is 11.1. The molecule has 2 N–H and O–H groups in total. The highest BCUT2D eigenvalue weighted by Gasteiger charge is 2.04. The van der Waals surface area contributed by atoms with Crippen LogP contribution in [0.1, 0.15) is 0 Å². The Morgan fingerprint density at radius 1 is 1.11 bits per heavy atom. The molecule has 0 saturated heterocycles. The summed E-state index contributed by atoms with van der Waals surface area (Å²) in [5, 5.41) is 3.10. The molecule has 0 bridgehead atoms. The summed E-state index contributed by atoms with van der Waals surface area (Å²) in [7, 11) is 1.88. The number of fused-ring (bicyclic) bond motifs is 1. The zero-order valence-electron chi connectivity index (χ0n) is 9.86. The fraction of sp³-hybridized carbons (Fsp3) is 0.0714. The van der Waals surface area contributed by atoms with E-state index in [1.165, 1.54) is 0 Å². The van der Waals surface area contributed by atoms with Crippen LogP contribution < -0.4 is 11.1 Å². The zero-order valence-corrected chi connectivity index (χ0v) is 9.86. The molecule has 0 spiro atoms. The van der Waals surface area contributed by atoms with E-state index in [1.54, 1.807) is 0 Å². The zero-order chi connectivity index (χ0) is 12.5. The average molecular weight is 240 g/mol. The van der Waals surface area contributed by atoms with Gasteiger partial charge in [0.05, 0.1) is 5.52 Å². The summed E-state index contributed by atoms with van der Waals surface area (Å²) in [5.41, 5.74) is 4.43. The summed E-state index contributed by atoms with van der Waals surface area (Å²) >= 11 is 0. The van der Waals surface area contributed by atoms with Crippen LogP contribution in [0.3, 0.4) is 0 Å². The van der Waals surface area contributed by atoms with Gasteiger partial charge < -0.3 is 9.73 Å². The van der Waals surface area contributed by atoms with Crippen molar-refractivity contribution >= 4 is 16.8 Å². The molecule has 18 heavy (non-hydrogen) atoms. The number of aromatic amines is 1. The topological polar surface area (TPSA) is 58.0 Å². The molecule has 3 rings (SSSR count). The summed E-state index contributed by atoms with van der Waals surface area (Å²) in [6, 6.07) is 13.7. The minimum absolute atomic E-state index is 0.425. The molecule has 0 saturated carbocycles. The van der Waals surface area contributed by atoms with E-state index in [9.17, 15) is 4.79 Å². The van der Waals surface area contributed by atoms with E-state index in [0.717, 1.165) is 16.8 Å². The van der Waals surface area contributed by atoms with Gasteiger partial charge in [0, 0.05) is 12.7 Å². The second kappa shape index (κ2) is 4.07. The standard InChI is InChI=1S/C14H12N2O2/c1-15-11-4-2-3-9(7-11)10-5-6-12-13(8-10)18-14(17)16-12/h2-8,15H,1H3,(H,16,17). The molecule has 0 aliphatic heterocycles. The SMILES string of the molecule is CNc1cccc(-c2ccc3[nH]c(=O)oc3c2)c1. The van der Waals surface area contributed by atoms with Crippen LogP contribution in [-0.2, 0) is 0 Å². The van der Waals surface area contributed by atoms with E-state index < -0.39 is 5.76 Å². The molecule has 0 radical (unpaired) electrons. The Labute approximate surface area is 103 Å². The van der Waals surface area contributed by atoms with Gasteiger partial charge in [-0.2, -0.15) is 0 Å². The van der Waals surface area contributed by atoms with Crippen molar-refractivity contribution in [3.8, 4) is 11.1 Å². The van der Waals surface area contributed by atoms with Crippen molar-refractivity contribution in [3.63, 3.8) is 0 Å². The molecule has 0 amide bonds. The smallest absolute Gasteiger partial charge is 0.408 e. The van der Waals surface area contributed by atoms with Gasteiger partial charge in [-0.3, -0.25) is 4.98 Å². The van der Waals surface area contributed by atoms with Gasteiger partial charge >= 0.3 is 5.76 Å². The summed E-state index contributed by atoms with van der Waals surface area (Å²) in [5.74, 6) is -0.425. The molecule has 0 aliphatic rings. The van der Waals surface area contributed by atoms with Crippen molar-refractivity contribution < 1.29 is 4.42 Å². The molecule has 4 heteroatoms. The maximum absolute atomic E-state index is 11.1. The Morgan fingerprint density at radius 3 is 2.78 bits per heavy atom. The van der Waals surface area contributed by atoms with Crippen molar-refractivity contribution in [2.24, 2.45) is 0 Å². The van der Waals surface area contributed by atoms with Crippen LogP contribution in [0.4, 0.5) is 5.69 Å². The van der Waals surface area contributed by atoms with Crippen LogP contribution in [0.25, 0.3) is 22.2 Å². The number of benzene rings is 2. The Kier molecular flexibility index (Phi) is 2.41. The molecular formula is C14H12N2O2. The molecule has 3 aromatic rings. The number of nitrogens with one attached hydrogen (secondary N) is 2. The summed E-state index contributed by atoms with van der Waals surface area (Å²) in [4.78, 5) is 13.7. The molecule has 4 nitrogen and oxygen atoms in total. The van der Waals surface area contributed by atoms with Crippen LogP contribution in [0.5, 0.6) is 0 Å². The van der Waals surface area contributed by atoms with Gasteiger partial charge in [-0.15, -0.1) is 0 Å². The Morgan fingerprint density at radius 2 is 1.94 bits per heavy atom. The number of H-pyrrole nitrogens is 1. The summed E-state index contributed by atoms with van der Waals surface area (Å²) in [6.45, 7) is 0. The van der Waals surface area contributed by atoms with E-state index in [1.807, 2.05) is 49.5 Å². The van der Waals surface area contributed by atoms with Gasteiger partial charge in [-0.1, -0.05) is 18.2 Å². The first-order chi connectivity index (χ1) is 8.76. The lowest BCUT2D eigenvalue weighted by molar-refractivity contribution is 0.555. The van der Waals surface area contributed by atoms with Crippen LogP contribution in [0.2, 0.25) is 0 Å². The second-order valence-electron chi connectivity index (χ2n) is 4.06. The predicted octanol–water partition coefficient (Wildman–Crippen LogP) is 2.83. The first-order valence-electron chi connectivity index (χ1n) is 5.67. The molecule has 0 aliphatic carbocycles.